The number of aromatic nitrogens is 3. The van der Waals surface area contributed by atoms with Crippen LogP contribution in [0.25, 0.3) is 10.6 Å². The van der Waals surface area contributed by atoms with E-state index >= 15 is 0 Å². The van der Waals surface area contributed by atoms with E-state index in [0.29, 0.717) is 44.1 Å². The first-order chi connectivity index (χ1) is 13.5. The summed E-state index contributed by atoms with van der Waals surface area (Å²) in [5.74, 6) is -0.850. The molecule has 0 bridgehead atoms. The second-order valence-corrected chi connectivity index (χ2v) is 7.45. The molecule has 0 fully saturated rings. The molecule has 0 aliphatic heterocycles. The van der Waals surface area contributed by atoms with Crippen molar-refractivity contribution in [2.24, 2.45) is 0 Å². The van der Waals surface area contributed by atoms with Crippen molar-refractivity contribution in [1.29, 1.82) is 0 Å². The second kappa shape index (κ2) is 8.53. The van der Waals surface area contributed by atoms with Crippen LogP contribution < -0.4 is 5.32 Å². The SMILES string of the molecule is CCCc1c(C(=O)Nc2nnc(-c3ccccc3Cl)s2)[nH]c(C)c1C(=O)OC. The summed E-state index contributed by atoms with van der Waals surface area (Å²) in [4.78, 5) is 27.9. The number of esters is 1. The van der Waals surface area contributed by atoms with Crippen LogP contribution in [0.1, 0.15) is 45.4 Å². The van der Waals surface area contributed by atoms with E-state index in [4.69, 9.17) is 16.3 Å². The monoisotopic (exact) mass is 418 g/mol. The third-order valence-electron chi connectivity index (χ3n) is 4.16. The van der Waals surface area contributed by atoms with Gasteiger partial charge in [0, 0.05) is 11.3 Å². The number of nitrogens with one attached hydrogen (secondary N) is 2. The van der Waals surface area contributed by atoms with Gasteiger partial charge in [-0.3, -0.25) is 10.1 Å². The molecule has 0 unspecified atom stereocenters. The summed E-state index contributed by atoms with van der Waals surface area (Å²) in [6.45, 7) is 3.72. The van der Waals surface area contributed by atoms with E-state index < -0.39 is 5.97 Å². The summed E-state index contributed by atoms with van der Waals surface area (Å²) in [6.07, 6.45) is 1.34. The van der Waals surface area contributed by atoms with E-state index in [2.05, 4.69) is 20.5 Å². The van der Waals surface area contributed by atoms with Crippen molar-refractivity contribution in [3.63, 3.8) is 0 Å². The predicted molar refractivity (Wildman–Crippen MR) is 109 cm³/mol. The van der Waals surface area contributed by atoms with E-state index in [1.165, 1.54) is 18.4 Å². The van der Waals surface area contributed by atoms with Crippen LogP contribution in [0.5, 0.6) is 0 Å². The largest absolute Gasteiger partial charge is 0.465 e. The van der Waals surface area contributed by atoms with Gasteiger partial charge in [-0.15, -0.1) is 10.2 Å². The number of methoxy groups -OCH3 is 1. The zero-order valence-electron chi connectivity index (χ0n) is 15.6. The number of amides is 1. The van der Waals surface area contributed by atoms with E-state index in [1.54, 1.807) is 13.0 Å². The Kier molecular flexibility index (Phi) is 6.11. The Bertz CT molecular complexity index is 1030. The average molecular weight is 419 g/mol. The van der Waals surface area contributed by atoms with Crippen LogP contribution in [0, 0.1) is 6.92 Å². The van der Waals surface area contributed by atoms with Gasteiger partial charge in [-0.2, -0.15) is 0 Å². The maximum Gasteiger partial charge on any atom is 0.339 e. The van der Waals surface area contributed by atoms with E-state index in [1.807, 2.05) is 25.1 Å². The molecule has 1 amide bonds. The first kappa shape index (κ1) is 20.0. The molecule has 0 aliphatic carbocycles. The molecular weight excluding hydrogens is 400 g/mol. The minimum atomic E-state index is -0.465. The number of hydrogen-bond acceptors (Lipinski definition) is 6. The molecule has 3 aromatic rings. The van der Waals surface area contributed by atoms with Crippen molar-refractivity contribution < 1.29 is 14.3 Å². The molecular formula is C19H19ClN4O3S. The lowest BCUT2D eigenvalue weighted by Crippen LogP contribution is -2.15. The summed E-state index contributed by atoms with van der Waals surface area (Å²) < 4.78 is 4.86. The molecule has 2 N–H and O–H groups in total. The normalized spacial score (nSPS) is 10.7. The third kappa shape index (κ3) is 3.93. The molecule has 7 nitrogen and oxygen atoms in total. The highest BCUT2D eigenvalue weighted by atomic mass is 35.5. The molecule has 0 saturated heterocycles. The Morgan fingerprint density at radius 2 is 2.04 bits per heavy atom. The number of rotatable bonds is 6. The van der Waals surface area contributed by atoms with Crippen LogP contribution in [-0.4, -0.2) is 34.2 Å². The number of benzene rings is 1. The van der Waals surface area contributed by atoms with Crippen LogP contribution in [0.3, 0.4) is 0 Å². The van der Waals surface area contributed by atoms with Gasteiger partial charge in [-0.25, -0.2) is 4.79 Å². The molecule has 9 heteroatoms. The van der Waals surface area contributed by atoms with Crippen molar-refractivity contribution >= 4 is 39.9 Å². The van der Waals surface area contributed by atoms with Crippen molar-refractivity contribution in [1.82, 2.24) is 15.2 Å². The van der Waals surface area contributed by atoms with Crippen molar-refractivity contribution in [2.75, 3.05) is 12.4 Å². The molecule has 1 aromatic carbocycles. The highest BCUT2D eigenvalue weighted by Gasteiger charge is 2.25. The number of carbonyl (C=O) groups is 2. The molecule has 2 aromatic heterocycles. The van der Waals surface area contributed by atoms with Gasteiger partial charge in [0.2, 0.25) is 5.13 Å². The molecule has 0 aliphatic rings. The molecule has 2 heterocycles. The molecule has 0 spiro atoms. The minimum Gasteiger partial charge on any atom is -0.465 e. The Labute approximate surface area is 171 Å². The Morgan fingerprint density at radius 3 is 2.71 bits per heavy atom. The summed E-state index contributed by atoms with van der Waals surface area (Å²) in [6, 6.07) is 7.29. The summed E-state index contributed by atoms with van der Waals surface area (Å²) >= 11 is 7.41. The topological polar surface area (TPSA) is 97.0 Å². The quantitative estimate of drug-likeness (QED) is 0.575. The molecule has 0 saturated carbocycles. The lowest BCUT2D eigenvalue weighted by Gasteiger charge is -2.05. The zero-order chi connectivity index (χ0) is 20.3. The fourth-order valence-corrected chi connectivity index (χ4v) is 3.99. The lowest BCUT2D eigenvalue weighted by atomic mass is 10.0. The average Bonchev–Trinajstić information content (AvgIpc) is 3.26. The second-order valence-electron chi connectivity index (χ2n) is 6.07. The zero-order valence-corrected chi connectivity index (χ0v) is 17.2. The Morgan fingerprint density at radius 1 is 1.29 bits per heavy atom. The summed E-state index contributed by atoms with van der Waals surface area (Å²) in [5.41, 5.74) is 2.71. The highest BCUT2D eigenvalue weighted by molar-refractivity contribution is 7.18. The van der Waals surface area contributed by atoms with Gasteiger partial charge >= 0.3 is 5.97 Å². The third-order valence-corrected chi connectivity index (χ3v) is 5.36. The van der Waals surface area contributed by atoms with Crippen molar-refractivity contribution in [2.45, 2.75) is 26.7 Å². The fourth-order valence-electron chi connectivity index (χ4n) is 2.93. The van der Waals surface area contributed by atoms with Crippen molar-refractivity contribution in [3.05, 3.63) is 51.8 Å². The lowest BCUT2D eigenvalue weighted by molar-refractivity contribution is 0.0599. The van der Waals surface area contributed by atoms with E-state index in [0.717, 1.165) is 12.0 Å². The molecule has 0 radical (unpaired) electrons. The van der Waals surface area contributed by atoms with Gasteiger partial charge in [0.05, 0.1) is 17.7 Å². The number of aromatic amines is 1. The van der Waals surface area contributed by atoms with Gasteiger partial charge in [0.1, 0.15) is 5.69 Å². The maximum atomic E-state index is 12.8. The van der Waals surface area contributed by atoms with E-state index in [9.17, 15) is 9.59 Å². The number of ether oxygens (including phenoxy) is 1. The van der Waals surface area contributed by atoms with Crippen molar-refractivity contribution in [3.8, 4) is 10.6 Å². The van der Waals surface area contributed by atoms with Crippen LogP contribution in [0.15, 0.2) is 24.3 Å². The van der Waals surface area contributed by atoms with Gasteiger partial charge in [-0.05, 0) is 25.0 Å². The van der Waals surface area contributed by atoms with E-state index in [-0.39, 0.29) is 5.91 Å². The van der Waals surface area contributed by atoms with Gasteiger partial charge in [-0.1, -0.05) is 54.5 Å². The number of halogens is 1. The smallest absolute Gasteiger partial charge is 0.339 e. The summed E-state index contributed by atoms with van der Waals surface area (Å²) in [5, 5.41) is 12.4. The molecule has 0 atom stereocenters. The number of aryl methyl sites for hydroxylation is 1. The van der Waals surface area contributed by atoms with Crippen LogP contribution in [0.2, 0.25) is 5.02 Å². The van der Waals surface area contributed by atoms with Gasteiger partial charge in [0.25, 0.3) is 5.91 Å². The number of anilines is 1. The number of nitrogens with zero attached hydrogens (tertiary/aromatic N) is 2. The Hall–Kier alpha value is -2.71. The summed E-state index contributed by atoms with van der Waals surface area (Å²) in [7, 11) is 1.32. The van der Waals surface area contributed by atoms with Crippen LogP contribution >= 0.6 is 22.9 Å². The molecule has 3 rings (SSSR count). The van der Waals surface area contributed by atoms with Crippen LogP contribution in [-0.2, 0) is 11.2 Å². The van der Waals surface area contributed by atoms with Gasteiger partial charge in [0.15, 0.2) is 5.01 Å². The standard InChI is InChI=1S/C19H19ClN4O3S/c1-4-7-12-14(18(26)27-3)10(2)21-15(12)16(25)22-19-24-23-17(28-19)11-8-5-6-9-13(11)20/h5-6,8-9,21H,4,7H2,1-3H3,(H,22,24,25). The molecule has 28 heavy (non-hydrogen) atoms. The number of hydrogen-bond donors (Lipinski definition) is 2. The Balaban J connectivity index is 1.88. The number of carbonyl (C=O) groups excluding carboxylic acids is 2. The van der Waals surface area contributed by atoms with Crippen LogP contribution in [0.4, 0.5) is 5.13 Å². The fraction of sp³-hybridized carbons (Fsp3) is 0.263. The first-order valence-electron chi connectivity index (χ1n) is 8.65. The van der Waals surface area contributed by atoms with Gasteiger partial charge < -0.3 is 9.72 Å². The maximum absolute atomic E-state index is 12.8. The first-order valence-corrected chi connectivity index (χ1v) is 9.85. The minimum absolute atomic E-state index is 0.328. The highest BCUT2D eigenvalue weighted by Crippen LogP contribution is 2.32. The number of H-pyrrole nitrogens is 1. The predicted octanol–water partition coefficient (Wildman–Crippen LogP) is 4.49. The molecule has 146 valence electrons.